The van der Waals surface area contributed by atoms with Crippen molar-refractivity contribution in [1.82, 2.24) is 10.2 Å². The molecule has 9 heteroatoms. The quantitative estimate of drug-likeness (QED) is 0.357. The van der Waals surface area contributed by atoms with E-state index in [2.05, 4.69) is 5.32 Å². The lowest BCUT2D eigenvalue weighted by atomic mass is 10.0. The predicted octanol–water partition coefficient (Wildman–Crippen LogP) is 5.36. The van der Waals surface area contributed by atoms with Crippen LogP contribution in [0.1, 0.15) is 50.8 Å². The van der Waals surface area contributed by atoms with Crippen molar-refractivity contribution in [3.8, 4) is 0 Å². The SMILES string of the molecule is CC[C@@H](C(=O)NC(C)(C)C)N(Cc1ccccc1C)C(=O)CN(c1ccccc1F)S(=O)(=O)c1ccc(C)cc1. The zero-order valence-electron chi connectivity index (χ0n) is 23.9. The van der Waals surface area contributed by atoms with Crippen molar-refractivity contribution < 1.29 is 22.4 Å². The Morgan fingerprint density at radius 2 is 1.52 bits per heavy atom. The lowest BCUT2D eigenvalue weighted by Gasteiger charge is -2.35. The van der Waals surface area contributed by atoms with Gasteiger partial charge in [-0.25, -0.2) is 12.8 Å². The summed E-state index contributed by atoms with van der Waals surface area (Å²) >= 11 is 0. The molecule has 0 radical (unpaired) electrons. The van der Waals surface area contributed by atoms with E-state index in [1.54, 1.807) is 19.1 Å². The van der Waals surface area contributed by atoms with Gasteiger partial charge >= 0.3 is 0 Å². The molecule has 0 saturated carbocycles. The minimum absolute atomic E-state index is 0.0721. The van der Waals surface area contributed by atoms with E-state index in [9.17, 15) is 18.0 Å². The van der Waals surface area contributed by atoms with Crippen LogP contribution in [0.2, 0.25) is 0 Å². The molecule has 3 aromatic carbocycles. The molecular formula is C31H38FN3O4S. The van der Waals surface area contributed by atoms with E-state index < -0.39 is 39.9 Å². The number of benzene rings is 3. The largest absolute Gasteiger partial charge is 0.350 e. The lowest BCUT2D eigenvalue weighted by molar-refractivity contribution is -0.141. The van der Waals surface area contributed by atoms with Crippen molar-refractivity contribution in [3.05, 3.63) is 95.3 Å². The van der Waals surface area contributed by atoms with E-state index in [0.29, 0.717) is 6.42 Å². The maximum Gasteiger partial charge on any atom is 0.264 e. The number of amides is 2. The maximum absolute atomic E-state index is 15.0. The zero-order chi connectivity index (χ0) is 29.7. The predicted molar refractivity (Wildman–Crippen MR) is 156 cm³/mol. The molecule has 0 bridgehead atoms. The molecule has 3 aromatic rings. The van der Waals surface area contributed by atoms with Crippen LogP contribution in [-0.2, 0) is 26.2 Å². The van der Waals surface area contributed by atoms with E-state index in [0.717, 1.165) is 27.1 Å². The van der Waals surface area contributed by atoms with Gasteiger partial charge < -0.3 is 10.2 Å². The molecule has 0 aromatic heterocycles. The number of rotatable bonds is 10. The van der Waals surface area contributed by atoms with Gasteiger partial charge in [-0.3, -0.25) is 13.9 Å². The number of carbonyl (C=O) groups is 2. The molecule has 0 aliphatic heterocycles. The fourth-order valence-electron chi connectivity index (χ4n) is 4.35. The second-order valence-electron chi connectivity index (χ2n) is 10.9. The average molecular weight is 568 g/mol. The lowest BCUT2D eigenvalue weighted by Crippen LogP contribution is -2.55. The number of hydrogen-bond acceptors (Lipinski definition) is 4. The number of nitrogens with zero attached hydrogens (tertiary/aromatic N) is 2. The van der Waals surface area contributed by atoms with Crippen molar-refractivity contribution in [2.24, 2.45) is 0 Å². The Morgan fingerprint density at radius 3 is 2.10 bits per heavy atom. The molecule has 0 unspecified atom stereocenters. The highest BCUT2D eigenvalue weighted by molar-refractivity contribution is 7.92. The topological polar surface area (TPSA) is 86.8 Å². The minimum Gasteiger partial charge on any atom is -0.350 e. The maximum atomic E-state index is 15.0. The molecule has 7 nitrogen and oxygen atoms in total. The summed E-state index contributed by atoms with van der Waals surface area (Å²) in [6.07, 6.45) is 0.296. The van der Waals surface area contributed by atoms with Crippen LogP contribution in [-0.4, -0.2) is 43.3 Å². The van der Waals surface area contributed by atoms with Crippen LogP contribution in [0, 0.1) is 19.7 Å². The van der Waals surface area contributed by atoms with Gasteiger partial charge in [0.15, 0.2) is 0 Å². The average Bonchev–Trinajstić information content (AvgIpc) is 2.88. The number of para-hydroxylation sites is 1. The Labute approximate surface area is 237 Å². The summed E-state index contributed by atoms with van der Waals surface area (Å²) < 4.78 is 43.5. The summed E-state index contributed by atoms with van der Waals surface area (Å²) in [5.41, 5.74) is 1.80. The van der Waals surface area contributed by atoms with E-state index >= 15 is 4.39 Å². The molecule has 40 heavy (non-hydrogen) atoms. The van der Waals surface area contributed by atoms with Crippen molar-refractivity contribution in [3.63, 3.8) is 0 Å². The Morgan fingerprint density at radius 1 is 0.925 bits per heavy atom. The first-order chi connectivity index (χ1) is 18.7. The fraction of sp³-hybridized carbons (Fsp3) is 0.355. The van der Waals surface area contributed by atoms with Gasteiger partial charge in [0.05, 0.1) is 10.6 Å². The highest BCUT2D eigenvalue weighted by Crippen LogP contribution is 2.27. The monoisotopic (exact) mass is 567 g/mol. The summed E-state index contributed by atoms with van der Waals surface area (Å²) in [6, 6.07) is 18.2. The van der Waals surface area contributed by atoms with Crippen molar-refractivity contribution in [2.45, 2.75) is 71.0 Å². The minimum atomic E-state index is -4.34. The third-order valence-electron chi connectivity index (χ3n) is 6.50. The molecule has 214 valence electrons. The molecule has 0 aliphatic carbocycles. The highest BCUT2D eigenvalue weighted by Gasteiger charge is 2.35. The van der Waals surface area contributed by atoms with Crippen LogP contribution >= 0.6 is 0 Å². The Bertz CT molecular complexity index is 1450. The van der Waals surface area contributed by atoms with Crippen LogP contribution in [0.4, 0.5) is 10.1 Å². The summed E-state index contributed by atoms with van der Waals surface area (Å²) in [7, 11) is -4.34. The molecule has 2 amide bonds. The van der Waals surface area contributed by atoms with Gasteiger partial charge in [-0.05, 0) is 76.4 Å². The standard InChI is InChI=1S/C31H38FN3O4S/c1-7-27(30(37)33-31(4,5)6)34(20-24-13-9-8-12-23(24)3)29(36)21-35(28-15-11-10-14-26(28)32)40(38,39)25-18-16-22(2)17-19-25/h8-19,27H,7,20-21H2,1-6H3,(H,33,37)/t27-/m0/s1. The van der Waals surface area contributed by atoms with Gasteiger partial charge in [0.1, 0.15) is 18.4 Å². The van der Waals surface area contributed by atoms with Gasteiger partial charge in [0.25, 0.3) is 10.0 Å². The van der Waals surface area contributed by atoms with E-state index in [1.807, 2.05) is 58.9 Å². The van der Waals surface area contributed by atoms with E-state index in [4.69, 9.17) is 0 Å². The smallest absolute Gasteiger partial charge is 0.264 e. The Hall–Kier alpha value is -3.72. The summed E-state index contributed by atoms with van der Waals surface area (Å²) in [5, 5.41) is 2.94. The Balaban J connectivity index is 2.10. The molecule has 0 saturated heterocycles. The van der Waals surface area contributed by atoms with Crippen LogP contribution in [0.5, 0.6) is 0 Å². The third kappa shape index (κ3) is 7.47. The summed E-state index contributed by atoms with van der Waals surface area (Å²) in [5.74, 6) is -1.76. The number of anilines is 1. The normalized spacial score (nSPS) is 12.5. The van der Waals surface area contributed by atoms with Crippen LogP contribution in [0.3, 0.4) is 0 Å². The number of hydrogen-bond donors (Lipinski definition) is 1. The number of sulfonamides is 1. The van der Waals surface area contributed by atoms with Gasteiger partial charge in [-0.15, -0.1) is 0 Å². The van der Waals surface area contributed by atoms with Gasteiger partial charge in [-0.2, -0.15) is 0 Å². The Kier molecular flexibility index (Phi) is 9.73. The second-order valence-corrected chi connectivity index (χ2v) is 12.7. The number of aryl methyl sites for hydroxylation is 2. The van der Waals surface area contributed by atoms with Gasteiger partial charge in [-0.1, -0.05) is 61.0 Å². The molecule has 0 fully saturated rings. The first-order valence-corrected chi connectivity index (χ1v) is 14.7. The number of carbonyl (C=O) groups excluding carboxylic acids is 2. The molecule has 1 N–H and O–H groups in total. The van der Waals surface area contributed by atoms with Crippen molar-refractivity contribution >= 4 is 27.5 Å². The molecular weight excluding hydrogens is 529 g/mol. The van der Waals surface area contributed by atoms with Gasteiger partial charge in [0, 0.05) is 12.1 Å². The van der Waals surface area contributed by atoms with E-state index in [1.165, 1.54) is 35.2 Å². The highest BCUT2D eigenvalue weighted by atomic mass is 32.2. The van der Waals surface area contributed by atoms with Crippen molar-refractivity contribution in [1.29, 1.82) is 0 Å². The molecule has 1 atom stereocenters. The fourth-order valence-corrected chi connectivity index (χ4v) is 5.77. The van der Waals surface area contributed by atoms with Crippen LogP contribution in [0.25, 0.3) is 0 Å². The summed E-state index contributed by atoms with van der Waals surface area (Å²) in [6.45, 7) is 10.5. The molecule has 0 aliphatic rings. The van der Waals surface area contributed by atoms with Crippen LogP contribution < -0.4 is 9.62 Å². The second kappa shape index (κ2) is 12.6. The van der Waals surface area contributed by atoms with Crippen LogP contribution in [0.15, 0.2) is 77.7 Å². The summed E-state index contributed by atoms with van der Waals surface area (Å²) in [4.78, 5) is 28.8. The first-order valence-electron chi connectivity index (χ1n) is 13.2. The molecule has 0 heterocycles. The molecule has 3 rings (SSSR count). The van der Waals surface area contributed by atoms with Gasteiger partial charge in [0.2, 0.25) is 11.8 Å². The first kappa shape index (κ1) is 30.8. The zero-order valence-corrected chi connectivity index (χ0v) is 24.8. The number of halogens is 1. The molecule has 0 spiro atoms. The third-order valence-corrected chi connectivity index (χ3v) is 8.27. The number of nitrogens with one attached hydrogen (secondary N) is 1. The van der Waals surface area contributed by atoms with E-state index in [-0.39, 0.29) is 23.0 Å². The van der Waals surface area contributed by atoms with Crippen molar-refractivity contribution in [2.75, 3.05) is 10.8 Å².